The number of carboxylic acids is 1. The third kappa shape index (κ3) is 3.29. The van der Waals surface area contributed by atoms with Crippen LogP contribution in [0.4, 0.5) is 5.69 Å². The number of carbonyl (C=O) groups excluding carboxylic acids is 1. The summed E-state index contributed by atoms with van der Waals surface area (Å²) in [5.41, 5.74) is 0.440. The minimum absolute atomic E-state index is 0.104. The number of rotatable bonds is 5. The van der Waals surface area contributed by atoms with Crippen LogP contribution in [-0.2, 0) is 4.79 Å². The second kappa shape index (κ2) is 4.97. The molecule has 0 heterocycles. The van der Waals surface area contributed by atoms with Crippen molar-refractivity contribution in [2.24, 2.45) is 0 Å². The highest BCUT2D eigenvalue weighted by atomic mass is 16.4. The molecule has 90 valence electrons. The highest BCUT2D eigenvalue weighted by molar-refractivity contribution is 6.01. The van der Waals surface area contributed by atoms with Gasteiger partial charge in [0.1, 0.15) is 0 Å². The fourth-order valence-electron chi connectivity index (χ4n) is 1.50. The number of aromatic carboxylic acids is 1. The highest BCUT2D eigenvalue weighted by Crippen LogP contribution is 2.18. The lowest BCUT2D eigenvalue weighted by Gasteiger charge is -2.08. The number of benzene rings is 1. The Hall–Kier alpha value is -1.88. The number of hydrogen-bond acceptors (Lipinski definition) is 3. The molecule has 5 heteroatoms. The van der Waals surface area contributed by atoms with Crippen LogP contribution in [0.5, 0.6) is 0 Å². The Kier molecular flexibility index (Phi) is 3.39. The van der Waals surface area contributed by atoms with E-state index in [2.05, 4.69) is 10.6 Å². The second-order valence-electron chi connectivity index (χ2n) is 4.05. The van der Waals surface area contributed by atoms with Gasteiger partial charge in [-0.3, -0.25) is 4.79 Å². The molecule has 1 aliphatic carbocycles. The molecule has 1 saturated carbocycles. The van der Waals surface area contributed by atoms with Crippen LogP contribution in [0.2, 0.25) is 0 Å². The lowest BCUT2D eigenvalue weighted by molar-refractivity contribution is -0.115. The molecule has 5 nitrogen and oxygen atoms in total. The van der Waals surface area contributed by atoms with Crippen molar-refractivity contribution in [2.45, 2.75) is 18.9 Å². The van der Waals surface area contributed by atoms with E-state index in [-0.39, 0.29) is 18.0 Å². The number of carbonyl (C=O) groups is 2. The summed E-state index contributed by atoms with van der Waals surface area (Å²) in [6, 6.07) is 6.82. The van der Waals surface area contributed by atoms with E-state index in [0.717, 1.165) is 12.8 Å². The maximum absolute atomic E-state index is 11.6. The molecule has 0 unspecified atom stereocenters. The topological polar surface area (TPSA) is 78.4 Å². The monoisotopic (exact) mass is 234 g/mol. The third-order valence-corrected chi connectivity index (χ3v) is 2.56. The Morgan fingerprint density at radius 2 is 2.00 bits per heavy atom. The molecule has 1 aliphatic rings. The molecule has 0 spiro atoms. The zero-order valence-electron chi connectivity index (χ0n) is 9.27. The van der Waals surface area contributed by atoms with E-state index in [1.54, 1.807) is 18.2 Å². The quantitative estimate of drug-likeness (QED) is 0.712. The summed E-state index contributed by atoms with van der Waals surface area (Å²) in [7, 11) is 0. The maximum Gasteiger partial charge on any atom is 0.337 e. The summed E-state index contributed by atoms with van der Waals surface area (Å²) in [6.07, 6.45) is 2.22. The van der Waals surface area contributed by atoms with Gasteiger partial charge in [0.25, 0.3) is 0 Å². The van der Waals surface area contributed by atoms with E-state index >= 15 is 0 Å². The Balaban J connectivity index is 1.96. The Labute approximate surface area is 98.8 Å². The largest absolute Gasteiger partial charge is 0.478 e. The Morgan fingerprint density at radius 3 is 2.65 bits per heavy atom. The van der Waals surface area contributed by atoms with E-state index < -0.39 is 5.97 Å². The van der Waals surface area contributed by atoms with Gasteiger partial charge in [-0.25, -0.2) is 4.79 Å². The molecule has 1 aromatic carbocycles. The van der Waals surface area contributed by atoms with Gasteiger partial charge in [0.2, 0.25) is 5.91 Å². The van der Waals surface area contributed by atoms with Gasteiger partial charge in [-0.2, -0.15) is 0 Å². The van der Waals surface area contributed by atoms with Crippen molar-refractivity contribution in [3.05, 3.63) is 29.8 Å². The smallest absolute Gasteiger partial charge is 0.337 e. The SMILES string of the molecule is O=C(CNC1CC1)Nc1ccccc1C(=O)O. The Morgan fingerprint density at radius 1 is 1.29 bits per heavy atom. The molecular weight excluding hydrogens is 220 g/mol. The van der Waals surface area contributed by atoms with Crippen LogP contribution in [0.25, 0.3) is 0 Å². The van der Waals surface area contributed by atoms with E-state index in [9.17, 15) is 9.59 Å². The first-order valence-electron chi connectivity index (χ1n) is 5.52. The average Bonchev–Trinajstić information content (AvgIpc) is 3.10. The summed E-state index contributed by atoms with van der Waals surface area (Å²) in [5, 5.41) is 14.6. The van der Waals surface area contributed by atoms with Gasteiger partial charge in [0.05, 0.1) is 17.8 Å². The van der Waals surface area contributed by atoms with E-state index in [0.29, 0.717) is 11.7 Å². The fraction of sp³-hybridized carbons (Fsp3) is 0.333. The molecule has 2 rings (SSSR count). The number of carboxylic acid groups (broad SMARTS) is 1. The lowest BCUT2D eigenvalue weighted by atomic mass is 10.2. The molecule has 1 fully saturated rings. The first-order chi connectivity index (χ1) is 8.16. The molecule has 0 aliphatic heterocycles. The minimum atomic E-state index is -1.05. The summed E-state index contributed by atoms with van der Waals surface area (Å²) in [5.74, 6) is -1.26. The van der Waals surface area contributed by atoms with Crippen molar-refractivity contribution in [3.63, 3.8) is 0 Å². The number of para-hydroxylation sites is 1. The van der Waals surface area contributed by atoms with Crippen LogP contribution in [0, 0.1) is 0 Å². The second-order valence-corrected chi connectivity index (χ2v) is 4.05. The van der Waals surface area contributed by atoms with Gasteiger partial charge in [-0.15, -0.1) is 0 Å². The van der Waals surface area contributed by atoms with Gasteiger partial charge in [0.15, 0.2) is 0 Å². The zero-order valence-corrected chi connectivity index (χ0v) is 9.27. The van der Waals surface area contributed by atoms with E-state index in [4.69, 9.17) is 5.11 Å². The van der Waals surface area contributed by atoms with Crippen LogP contribution < -0.4 is 10.6 Å². The number of hydrogen-bond donors (Lipinski definition) is 3. The summed E-state index contributed by atoms with van der Waals surface area (Å²) < 4.78 is 0. The minimum Gasteiger partial charge on any atom is -0.478 e. The van der Waals surface area contributed by atoms with Gasteiger partial charge in [0, 0.05) is 6.04 Å². The average molecular weight is 234 g/mol. The fourth-order valence-corrected chi connectivity index (χ4v) is 1.50. The van der Waals surface area contributed by atoms with Gasteiger partial charge in [-0.1, -0.05) is 12.1 Å². The summed E-state index contributed by atoms with van der Waals surface area (Å²) in [4.78, 5) is 22.5. The first kappa shape index (κ1) is 11.6. The molecule has 1 aromatic rings. The molecule has 1 amide bonds. The van der Waals surface area contributed by atoms with Gasteiger partial charge in [-0.05, 0) is 25.0 Å². The van der Waals surface area contributed by atoms with Crippen LogP contribution in [0.15, 0.2) is 24.3 Å². The molecule has 0 aromatic heterocycles. The molecular formula is C12H14N2O3. The maximum atomic E-state index is 11.6. The van der Waals surface area contributed by atoms with Crippen molar-refractivity contribution < 1.29 is 14.7 Å². The molecule has 0 bridgehead atoms. The number of nitrogens with one attached hydrogen (secondary N) is 2. The van der Waals surface area contributed by atoms with Crippen molar-refractivity contribution in [1.82, 2.24) is 5.32 Å². The molecule has 0 radical (unpaired) electrons. The van der Waals surface area contributed by atoms with Crippen LogP contribution in [0.3, 0.4) is 0 Å². The lowest BCUT2D eigenvalue weighted by Crippen LogP contribution is -2.29. The molecule has 3 N–H and O–H groups in total. The van der Waals surface area contributed by atoms with Crippen molar-refractivity contribution in [3.8, 4) is 0 Å². The molecule has 17 heavy (non-hydrogen) atoms. The summed E-state index contributed by atoms with van der Waals surface area (Å²) >= 11 is 0. The first-order valence-corrected chi connectivity index (χ1v) is 5.52. The number of anilines is 1. The summed E-state index contributed by atoms with van der Waals surface area (Å²) in [6.45, 7) is 0.221. The number of amides is 1. The predicted octanol–water partition coefficient (Wildman–Crippen LogP) is 1.08. The molecule has 0 atom stereocenters. The predicted molar refractivity (Wildman–Crippen MR) is 63.1 cm³/mol. The van der Waals surface area contributed by atoms with Gasteiger partial charge >= 0.3 is 5.97 Å². The van der Waals surface area contributed by atoms with E-state index in [1.165, 1.54) is 6.07 Å². The van der Waals surface area contributed by atoms with Crippen molar-refractivity contribution in [2.75, 3.05) is 11.9 Å². The van der Waals surface area contributed by atoms with Gasteiger partial charge < -0.3 is 15.7 Å². The van der Waals surface area contributed by atoms with Crippen LogP contribution in [0.1, 0.15) is 23.2 Å². The third-order valence-electron chi connectivity index (χ3n) is 2.56. The van der Waals surface area contributed by atoms with Crippen molar-refractivity contribution >= 4 is 17.6 Å². The zero-order chi connectivity index (χ0) is 12.3. The normalized spacial score (nSPS) is 14.4. The molecule has 0 saturated heterocycles. The van der Waals surface area contributed by atoms with Crippen LogP contribution in [-0.4, -0.2) is 29.6 Å². The Bertz CT molecular complexity index is 441. The standard InChI is InChI=1S/C12H14N2O3/c15-11(7-13-8-5-6-8)14-10-4-2-1-3-9(10)12(16)17/h1-4,8,13H,5-7H2,(H,14,15)(H,16,17). The van der Waals surface area contributed by atoms with E-state index in [1.807, 2.05) is 0 Å². The van der Waals surface area contributed by atoms with Crippen molar-refractivity contribution in [1.29, 1.82) is 0 Å². The highest BCUT2D eigenvalue weighted by Gasteiger charge is 2.21. The van der Waals surface area contributed by atoms with Crippen LogP contribution >= 0.6 is 0 Å².